The molecule has 1 aromatic carbocycles. The Kier molecular flexibility index (Phi) is 4.48. The lowest BCUT2D eigenvalue weighted by Crippen LogP contribution is -2.33. The number of ether oxygens (including phenoxy) is 2. The van der Waals surface area contributed by atoms with Gasteiger partial charge in [-0.3, -0.25) is 4.79 Å². The summed E-state index contributed by atoms with van der Waals surface area (Å²) in [6, 6.07) is 4.17. The lowest BCUT2D eigenvalue weighted by Gasteiger charge is -2.25. The van der Waals surface area contributed by atoms with Gasteiger partial charge in [0.25, 0.3) is 0 Å². The van der Waals surface area contributed by atoms with E-state index in [1.54, 1.807) is 14.2 Å². The molecule has 1 N–H and O–H groups in total. The molecule has 2 aliphatic rings. The predicted octanol–water partition coefficient (Wildman–Crippen LogP) is 2.36. The van der Waals surface area contributed by atoms with E-state index < -0.39 is 5.97 Å². The molecule has 0 saturated heterocycles. The maximum atomic E-state index is 11.0. The number of rotatable bonds is 6. The van der Waals surface area contributed by atoms with E-state index in [-0.39, 0.29) is 5.41 Å². The van der Waals surface area contributed by atoms with Gasteiger partial charge in [-0.05, 0) is 54.4 Å². The number of fused-ring (bicyclic) bond motifs is 1. The molecule has 0 bridgehead atoms. The van der Waals surface area contributed by atoms with E-state index in [0.29, 0.717) is 6.42 Å². The van der Waals surface area contributed by atoms with E-state index in [0.717, 1.165) is 56.8 Å². The standard InChI is InChI=1S/C18H25NO4/c1-22-15-9-13-3-7-19(8-4-14(13)10-16(15)23-2)12-18(5-6-18)11-17(20)21/h9-10H,3-8,11-12H2,1-2H3,(H,20,21). The summed E-state index contributed by atoms with van der Waals surface area (Å²) in [5, 5.41) is 9.09. The number of carbonyl (C=O) groups is 1. The van der Waals surface area contributed by atoms with Crippen LogP contribution in [0, 0.1) is 5.41 Å². The Morgan fingerprint density at radius 3 is 2.04 bits per heavy atom. The minimum atomic E-state index is -0.671. The fourth-order valence-corrected chi connectivity index (χ4v) is 3.62. The van der Waals surface area contributed by atoms with Gasteiger partial charge in [0.2, 0.25) is 0 Å². The fraction of sp³-hybridized carbons (Fsp3) is 0.611. The van der Waals surface area contributed by atoms with Crippen molar-refractivity contribution in [1.82, 2.24) is 4.90 Å². The molecular formula is C18H25NO4. The predicted molar refractivity (Wildman–Crippen MR) is 87.3 cm³/mol. The van der Waals surface area contributed by atoms with Crippen molar-refractivity contribution >= 4 is 5.97 Å². The van der Waals surface area contributed by atoms with Gasteiger partial charge in [0.15, 0.2) is 11.5 Å². The summed E-state index contributed by atoms with van der Waals surface area (Å²) in [7, 11) is 3.33. The van der Waals surface area contributed by atoms with Crippen molar-refractivity contribution in [3.63, 3.8) is 0 Å². The molecule has 0 radical (unpaired) electrons. The summed E-state index contributed by atoms with van der Waals surface area (Å²) in [5.41, 5.74) is 2.65. The molecule has 1 saturated carbocycles. The van der Waals surface area contributed by atoms with Gasteiger partial charge in [0.05, 0.1) is 20.6 Å². The first kappa shape index (κ1) is 16.1. The Hall–Kier alpha value is -1.75. The molecular weight excluding hydrogens is 294 g/mol. The van der Waals surface area contributed by atoms with E-state index in [1.165, 1.54) is 11.1 Å². The second kappa shape index (κ2) is 6.40. The highest BCUT2D eigenvalue weighted by Gasteiger charge is 2.45. The summed E-state index contributed by atoms with van der Waals surface area (Å²) < 4.78 is 10.8. The van der Waals surface area contributed by atoms with Crippen LogP contribution >= 0.6 is 0 Å². The van der Waals surface area contributed by atoms with Gasteiger partial charge < -0.3 is 19.5 Å². The summed E-state index contributed by atoms with van der Waals surface area (Å²) in [6.07, 6.45) is 4.34. The van der Waals surface area contributed by atoms with E-state index in [2.05, 4.69) is 17.0 Å². The molecule has 0 atom stereocenters. The van der Waals surface area contributed by atoms with Crippen molar-refractivity contribution in [2.75, 3.05) is 33.9 Å². The van der Waals surface area contributed by atoms with Crippen LogP contribution in [0.5, 0.6) is 11.5 Å². The van der Waals surface area contributed by atoms with Crippen molar-refractivity contribution in [2.24, 2.45) is 5.41 Å². The van der Waals surface area contributed by atoms with Crippen molar-refractivity contribution < 1.29 is 19.4 Å². The summed E-state index contributed by atoms with van der Waals surface area (Å²) in [4.78, 5) is 13.5. The van der Waals surface area contributed by atoms with Gasteiger partial charge in [-0.25, -0.2) is 0 Å². The molecule has 23 heavy (non-hydrogen) atoms. The largest absolute Gasteiger partial charge is 0.493 e. The quantitative estimate of drug-likeness (QED) is 0.872. The number of hydrogen-bond donors (Lipinski definition) is 1. The number of carboxylic acids is 1. The van der Waals surface area contributed by atoms with Gasteiger partial charge in [0, 0.05) is 19.6 Å². The Balaban J connectivity index is 1.69. The number of nitrogens with zero attached hydrogens (tertiary/aromatic N) is 1. The van der Waals surface area contributed by atoms with Gasteiger partial charge >= 0.3 is 5.97 Å². The van der Waals surface area contributed by atoms with Crippen molar-refractivity contribution in [3.05, 3.63) is 23.3 Å². The molecule has 1 aromatic rings. The molecule has 126 valence electrons. The van der Waals surface area contributed by atoms with Crippen LogP contribution in [0.4, 0.5) is 0 Å². The molecule has 5 heteroatoms. The fourth-order valence-electron chi connectivity index (χ4n) is 3.62. The molecule has 0 unspecified atom stereocenters. The first-order valence-electron chi connectivity index (χ1n) is 8.23. The number of benzene rings is 1. The topological polar surface area (TPSA) is 59.0 Å². The smallest absolute Gasteiger partial charge is 0.303 e. The van der Waals surface area contributed by atoms with Gasteiger partial charge in [-0.1, -0.05) is 0 Å². The van der Waals surface area contributed by atoms with Gasteiger partial charge in [-0.15, -0.1) is 0 Å². The minimum Gasteiger partial charge on any atom is -0.493 e. The lowest BCUT2D eigenvalue weighted by molar-refractivity contribution is -0.138. The molecule has 0 aromatic heterocycles. The van der Waals surface area contributed by atoms with E-state index in [4.69, 9.17) is 14.6 Å². The van der Waals surface area contributed by atoms with E-state index in [9.17, 15) is 4.79 Å². The maximum Gasteiger partial charge on any atom is 0.303 e. The number of carboxylic acid groups (broad SMARTS) is 1. The molecule has 1 aliphatic carbocycles. The SMILES string of the molecule is COc1cc2c(cc1OC)CCN(CC1(CC(=O)O)CC1)CC2. The van der Waals surface area contributed by atoms with Crippen LogP contribution in [0.25, 0.3) is 0 Å². The average molecular weight is 319 g/mol. The zero-order valence-electron chi connectivity index (χ0n) is 13.9. The molecule has 0 spiro atoms. The Morgan fingerprint density at radius 2 is 1.65 bits per heavy atom. The summed E-state index contributed by atoms with van der Waals surface area (Å²) >= 11 is 0. The second-order valence-electron chi connectivity index (χ2n) is 6.82. The van der Waals surface area contributed by atoms with Gasteiger partial charge in [-0.2, -0.15) is 0 Å². The highest BCUT2D eigenvalue weighted by atomic mass is 16.5. The Morgan fingerprint density at radius 1 is 1.13 bits per heavy atom. The summed E-state index contributed by atoms with van der Waals surface area (Å²) in [5.74, 6) is 0.892. The third-order valence-corrected chi connectivity index (χ3v) is 5.14. The molecule has 5 nitrogen and oxygen atoms in total. The Labute approximate surface area is 137 Å². The molecule has 0 amide bonds. The van der Waals surface area contributed by atoms with E-state index in [1.807, 2.05) is 0 Å². The van der Waals surface area contributed by atoms with Crippen LogP contribution in [0.15, 0.2) is 12.1 Å². The van der Waals surface area contributed by atoms with Crippen LogP contribution in [0.3, 0.4) is 0 Å². The minimum absolute atomic E-state index is 0.0255. The monoisotopic (exact) mass is 319 g/mol. The Bertz CT molecular complexity index is 560. The first-order chi connectivity index (χ1) is 11.0. The normalized spacial score (nSPS) is 19.6. The highest BCUT2D eigenvalue weighted by Crippen LogP contribution is 2.49. The third-order valence-electron chi connectivity index (χ3n) is 5.14. The number of aliphatic carboxylic acids is 1. The maximum absolute atomic E-state index is 11.0. The van der Waals surface area contributed by atoms with E-state index >= 15 is 0 Å². The van der Waals surface area contributed by atoms with Crippen LogP contribution < -0.4 is 9.47 Å². The van der Waals surface area contributed by atoms with Crippen LogP contribution in [-0.4, -0.2) is 49.8 Å². The van der Waals surface area contributed by atoms with Crippen molar-refractivity contribution in [1.29, 1.82) is 0 Å². The highest BCUT2D eigenvalue weighted by molar-refractivity contribution is 5.68. The van der Waals surface area contributed by atoms with Crippen LogP contribution in [-0.2, 0) is 17.6 Å². The van der Waals surface area contributed by atoms with Crippen molar-refractivity contribution in [2.45, 2.75) is 32.1 Å². The molecule has 1 heterocycles. The summed E-state index contributed by atoms with van der Waals surface area (Å²) in [6.45, 7) is 2.86. The second-order valence-corrected chi connectivity index (χ2v) is 6.82. The van der Waals surface area contributed by atoms with Crippen LogP contribution in [0.1, 0.15) is 30.4 Å². The molecule has 1 fully saturated rings. The zero-order chi connectivity index (χ0) is 16.4. The zero-order valence-corrected chi connectivity index (χ0v) is 13.9. The average Bonchev–Trinajstić information content (AvgIpc) is 3.30. The molecule has 1 aliphatic heterocycles. The number of methoxy groups -OCH3 is 2. The van der Waals surface area contributed by atoms with Crippen LogP contribution in [0.2, 0.25) is 0 Å². The number of hydrogen-bond acceptors (Lipinski definition) is 4. The molecule has 3 rings (SSSR count). The van der Waals surface area contributed by atoms with Crippen molar-refractivity contribution in [3.8, 4) is 11.5 Å². The third kappa shape index (κ3) is 3.61. The first-order valence-corrected chi connectivity index (χ1v) is 8.23. The van der Waals surface area contributed by atoms with Gasteiger partial charge in [0.1, 0.15) is 0 Å². The lowest BCUT2D eigenvalue weighted by atomic mass is 10.0.